The smallest absolute Gasteiger partial charge is 0.249 e. The standard InChI is InChI=1S/C16H20F2N4O2/c1-20-8-12(7-19-20)22-10-15(6-13(22)23)2-3-21(9-15)14(24)11-4-16(17,18)5-11/h7-8,11H,2-6,9-10H2,1H3. The predicted molar refractivity (Wildman–Crippen MR) is 81.5 cm³/mol. The van der Waals surface area contributed by atoms with Crippen molar-refractivity contribution in [3.63, 3.8) is 0 Å². The Morgan fingerprint density at radius 3 is 2.71 bits per heavy atom. The van der Waals surface area contributed by atoms with Crippen molar-refractivity contribution in [2.24, 2.45) is 18.4 Å². The van der Waals surface area contributed by atoms with E-state index in [1.54, 1.807) is 33.9 Å². The molecule has 0 radical (unpaired) electrons. The van der Waals surface area contributed by atoms with E-state index < -0.39 is 11.8 Å². The van der Waals surface area contributed by atoms with Crippen molar-refractivity contribution in [3.05, 3.63) is 12.4 Å². The Kier molecular flexibility index (Phi) is 3.24. The SMILES string of the molecule is Cn1cc(N2CC3(CCN(C(=O)C4CC(F)(F)C4)C3)CC2=O)cn1. The molecule has 3 heterocycles. The molecular weight excluding hydrogens is 318 g/mol. The third kappa shape index (κ3) is 2.48. The van der Waals surface area contributed by atoms with Gasteiger partial charge in [-0.05, 0) is 6.42 Å². The summed E-state index contributed by atoms with van der Waals surface area (Å²) in [7, 11) is 1.80. The minimum atomic E-state index is -2.68. The minimum absolute atomic E-state index is 0.0347. The highest BCUT2D eigenvalue weighted by Gasteiger charge is 2.53. The van der Waals surface area contributed by atoms with E-state index in [-0.39, 0.29) is 30.1 Å². The molecule has 0 bridgehead atoms. The van der Waals surface area contributed by atoms with E-state index >= 15 is 0 Å². The fourth-order valence-corrected chi connectivity index (χ4v) is 4.17. The first-order valence-corrected chi connectivity index (χ1v) is 8.23. The fourth-order valence-electron chi connectivity index (χ4n) is 4.17. The highest BCUT2D eigenvalue weighted by Crippen LogP contribution is 2.46. The van der Waals surface area contributed by atoms with Crippen LogP contribution in [0.4, 0.5) is 14.5 Å². The van der Waals surface area contributed by atoms with Gasteiger partial charge in [-0.3, -0.25) is 14.3 Å². The zero-order valence-corrected chi connectivity index (χ0v) is 13.5. The van der Waals surface area contributed by atoms with Gasteiger partial charge < -0.3 is 9.80 Å². The first-order chi connectivity index (χ1) is 11.3. The molecule has 0 N–H and O–H groups in total. The highest BCUT2D eigenvalue weighted by molar-refractivity contribution is 5.96. The molecule has 3 fully saturated rings. The molecule has 1 saturated carbocycles. The van der Waals surface area contributed by atoms with Crippen molar-refractivity contribution in [1.29, 1.82) is 0 Å². The lowest BCUT2D eigenvalue weighted by Gasteiger charge is -2.36. The number of halogens is 2. The van der Waals surface area contributed by atoms with Crippen LogP contribution < -0.4 is 4.90 Å². The van der Waals surface area contributed by atoms with E-state index in [9.17, 15) is 18.4 Å². The minimum Gasteiger partial charge on any atom is -0.342 e. The van der Waals surface area contributed by atoms with E-state index in [2.05, 4.69) is 5.10 Å². The predicted octanol–water partition coefficient (Wildman–Crippen LogP) is 1.42. The van der Waals surface area contributed by atoms with Gasteiger partial charge in [-0.1, -0.05) is 0 Å². The first kappa shape index (κ1) is 15.5. The number of rotatable bonds is 2. The van der Waals surface area contributed by atoms with Gasteiger partial charge in [-0.25, -0.2) is 8.78 Å². The lowest BCUT2D eigenvalue weighted by atomic mass is 9.80. The van der Waals surface area contributed by atoms with Gasteiger partial charge in [0.15, 0.2) is 0 Å². The largest absolute Gasteiger partial charge is 0.342 e. The van der Waals surface area contributed by atoms with E-state index in [0.29, 0.717) is 26.1 Å². The van der Waals surface area contributed by atoms with Gasteiger partial charge in [0, 0.05) is 63.5 Å². The number of carbonyl (C=O) groups is 2. The summed E-state index contributed by atoms with van der Waals surface area (Å²) in [6.07, 6.45) is 3.92. The topological polar surface area (TPSA) is 58.4 Å². The summed E-state index contributed by atoms with van der Waals surface area (Å²) in [4.78, 5) is 28.2. The Bertz CT molecular complexity index is 696. The van der Waals surface area contributed by atoms with E-state index in [1.165, 1.54) is 0 Å². The van der Waals surface area contributed by atoms with Crippen LogP contribution in [0.2, 0.25) is 0 Å². The molecule has 1 unspecified atom stereocenters. The molecule has 24 heavy (non-hydrogen) atoms. The van der Waals surface area contributed by atoms with E-state index in [4.69, 9.17) is 0 Å². The molecular formula is C16H20F2N4O2. The quantitative estimate of drug-likeness (QED) is 0.819. The Labute approximate surface area is 138 Å². The lowest BCUT2D eigenvalue weighted by molar-refractivity contribution is -0.159. The van der Waals surface area contributed by atoms with Crippen LogP contribution >= 0.6 is 0 Å². The molecule has 1 aromatic rings. The molecule has 1 spiro atoms. The molecule has 2 amide bonds. The molecule has 130 valence electrons. The molecule has 2 aliphatic heterocycles. The Balaban J connectivity index is 1.43. The van der Waals surface area contributed by atoms with Crippen LogP contribution in [-0.4, -0.2) is 52.1 Å². The van der Waals surface area contributed by atoms with Crippen LogP contribution in [0.25, 0.3) is 0 Å². The van der Waals surface area contributed by atoms with Crippen LogP contribution in [0.15, 0.2) is 12.4 Å². The van der Waals surface area contributed by atoms with Gasteiger partial charge >= 0.3 is 0 Å². The summed E-state index contributed by atoms with van der Waals surface area (Å²) in [5.41, 5.74) is 0.511. The number of likely N-dealkylation sites (tertiary alicyclic amines) is 1. The van der Waals surface area contributed by atoms with Crippen LogP contribution in [0, 0.1) is 11.3 Å². The fraction of sp³-hybridized carbons (Fsp3) is 0.688. The van der Waals surface area contributed by atoms with Crippen LogP contribution in [0.3, 0.4) is 0 Å². The van der Waals surface area contributed by atoms with Gasteiger partial charge in [0.1, 0.15) is 0 Å². The zero-order chi connectivity index (χ0) is 17.1. The zero-order valence-electron chi connectivity index (χ0n) is 13.5. The summed E-state index contributed by atoms with van der Waals surface area (Å²) in [5.74, 6) is -3.38. The average Bonchev–Trinajstić information content (AvgIpc) is 3.16. The molecule has 3 aliphatic rings. The Morgan fingerprint density at radius 1 is 1.33 bits per heavy atom. The van der Waals surface area contributed by atoms with Crippen molar-refractivity contribution >= 4 is 17.5 Å². The van der Waals surface area contributed by atoms with Gasteiger partial charge in [0.25, 0.3) is 0 Å². The third-order valence-electron chi connectivity index (χ3n) is 5.51. The molecule has 0 aromatic carbocycles. The van der Waals surface area contributed by atoms with Crippen molar-refractivity contribution in [2.75, 3.05) is 24.5 Å². The second kappa shape index (κ2) is 5.00. The van der Waals surface area contributed by atoms with Gasteiger partial charge in [0.2, 0.25) is 17.7 Å². The number of nitrogens with zero attached hydrogens (tertiary/aromatic N) is 4. The van der Waals surface area contributed by atoms with Gasteiger partial charge in [0.05, 0.1) is 11.9 Å². The number of aromatic nitrogens is 2. The first-order valence-electron chi connectivity index (χ1n) is 8.23. The van der Waals surface area contributed by atoms with Crippen LogP contribution in [0.5, 0.6) is 0 Å². The van der Waals surface area contributed by atoms with Gasteiger partial charge in [-0.15, -0.1) is 0 Å². The number of anilines is 1. The van der Waals surface area contributed by atoms with Crippen molar-refractivity contribution in [2.45, 2.75) is 31.6 Å². The monoisotopic (exact) mass is 338 g/mol. The summed E-state index contributed by atoms with van der Waals surface area (Å²) >= 11 is 0. The van der Waals surface area contributed by atoms with Gasteiger partial charge in [-0.2, -0.15) is 5.10 Å². The molecule has 8 heteroatoms. The van der Waals surface area contributed by atoms with Crippen molar-refractivity contribution in [3.8, 4) is 0 Å². The number of carbonyl (C=O) groups excluding carboxylic acids is 2. The van der Waals surface area contributed by atoms with E-state index in [1.807, 2.05) is 0 Å². The van der Waals surface area contributed by atoms with Crippen LogP contribution in [0.1, 0.15) is 25.7 Å². The third-order valence-corrected chi connectivity index (χ3v) is 5.51. The molecule has 1 aromatic heterocycles. The van der Waals surface area contributed by atoms with Crippen molar-refractivity contribution in [1.82, 2.24) is 14.7 Å². The number of hydrogen-bond acceptors (Lipinski definition) is 3. The maximum absolute atomic E-state index is 13.0. The molecule has 2 saturated heterocycles. The van der Waals surface area contributed by atoms with E-state index in [0.717, 1.165) is 12.1 Å². The maximum Gasteiger partial charge on any atom is 0.249 e. The summed E-state index contributed by atoms with van der Waals surface area (Å²) in [6, 6.07) is 0. The Morgan fingerprint density at radius 2 is 2.08 bits per heavy atom. The highest BCUT2D eigenvalue weighted by atomic mass is 19.3. The second-order valence-corrected chi connectivity index (χ2v) is 7.50. The Hall–Kier alpha value is -1.99. The number of alkyl halides is 2. The molecule has 6 nitrogen and oxygen atoms in total. The summed E-state index contributed by atoms with van der Waals surface area (Å²) in [6.45, 7) is 1.59. The number of amides is 2. The molecule has 1 atom stereocenters. The maximum atomic E-state index is 13.0. The number of aryl methyl sites for hydroxylation is 1. The second-order valence-electron chi connectivity index (χ2n) is 7.50. The summed E-state index contributed by atoms with van der Waals surface area (Å²) < 4.78 is 27.6. The van der Waals surface area contributed by atoms with Crippen molar-refractivity contribution < 1.29 is 18.4 Å². The van der Waals surface area contributed by atoms with Crippen LogP contribution in [-0.2, 0) is 16.6 Å². The lowest BCUT2D eigenvalue weighted by Crippen LogP contribution is -2.46. The number of hydrogen-bond donors (Lipinski definition) is 0. The summed E-state index contributed by atoms with van der Waals surface area (Å²) in [5, 5.41) is 4.10. The normalized spacial score (nSPS) is 29.5. The average molecular weight is 338 g/mol. The molecule has 1 aliphatic carbocycles. The molecule has 4 rings (SSSR count).